The minimum Gasteiger partial charge on any atom is -0.489 e. The molecule has 3 aromatic rings. The zero-order valence-corrected chi connectivity index (χ0v) is 30.4. The number of halogens is 1. The maximum atomic E-state index is 13.7. The number of amides is 5. The molecule has 12 heteroatoms. The van der Waals surface area contributed by atoms with Crippen molar-refractivity contribution in [2.75, 3.05) is 18.0 Å². The molecule has 8 rings (SSSR count). The summed E-state index contributed by atoms with van der Waals surface area (Å²) < 4.78 is 6.44. The van der Waals surface area contributed by atoms with Crippen LogP contribution < -0.4 is 15.0 Å². The summed E-state index contributed by atoms with van der Waals surface area (Å²) in [4.78, 5) is 69.0. The van der Waals surface area contributed by atoms with E-state index >= 15 is 0 Å². The molecule has 5 amide bonds. The van der Waals surface area contributed by atoms with Crippen molar-refractivity contribution in [3.05, 3.63) is 93.0 Å². The van der Waals surface area contributed by atoms with Gasteiger partial charge in [0, 0.05) is 65.8 Å². The number of nitrogens with one attached hydrogen (secondary N) is 1. The zero-order valence-electron chi connectivity index (χ0n) is 29.7. The molecule has 4 heterocycles. The molecule has 4 aliphatic heterocycles. The molecule has 0 aromatic heterocycles. The van der Waals surface area contributed by atoms with Gasteiger partial charge in [-0.15, -0.1) is 0 Å². The molecular formula is C41H36ClN5O6. The number of fused-ring (bicyclic) bond motifs is 2. The van der Waals surface area contributed by atoms with Crippen LogP contribution in [0, 0.1) is 39.9 Å². The molecule has 3 aromatic carbocycles. The van der Waals surface area contributed by atoms with Crippen molar-refractivity contribution in [2.24, 2.45) is 16.7 Å². The van der Waals surface area contributed by atoms with Crippen molar-refractivity contribution in [3.8, 4) is 23.7 Å². The van der Waals surface area contributed by atoms with Crippen LogP contribution in [0.4, 0.5) is 5.69 Å². The predicted octanol–water partition coefficient (Wildman–Crippen LogP) is 4.94. The minimum absolute atomic E-state index is 0.00471. The number of hydrogen-bond donors (Lipinski definition) is 1. The maximum Gasteiger partial charge on any atom is 0.262 e. The molecule has 268 valence electrons. The van der Waals surface area contributed by atoms with Crippen molar-refractivity contribution in [1.29, 1.82) is 5.26 Å². The van der Waals surface area contributed by atoms with E-state index in [4.69, 9.17) is 16.3 Å². The van der Waals surface area contributed by atoms with Crippen LogP contribution in [-0.4, -0.2) is 70.6 Å². The Morgan fingerprint density at radius 2 is 1.58 bits per heavy atom. The van der Waals surface area contributed by atoms with E-state index in [-0.39, 0.29) is 58.8 Å². The van der Waals surface area contributed by atoms with Crippen LogP contribution in [0.2, 0.25) is 5.02 Å². The Hall–Kier alpha value is -5.65. The molecule has 0 spiro atoms. The first kappa shape index (κ1) is 34.4. The summed E-state index contributed by atoms with van der Waals surface area (Å²) in [6.07, 6.45) is -0.0177. The lowest BCUT2D eigenvalue weighted by atomic mass is 9.49. The summed E-state index contributed by atoms with van der Waals surface area (Å²) >= 11 is 6.27. The number of imide groups is 2. The Balaban J connectivity index is 0.906. The standard InChI is InChI=1S/C41H36ClN5O6/c1-40(2)38(41(3,4)39(40)53-27-10-8-24(18-43)31(42)17-27)46-21-25-15-22(7-11-28(25)35(46)50)5-6-23-19-45(20-23)26-9-12-29-30(16-26)37(52)47(36(29)51)32-13-14-33(48)44-34(32)49/h7-12,15-17,23,32,38-39H,13-14,19-21H2,1-4H3,(H,44,48,49). The van der Waals surface area contributed by atoms with Crippen LogP contribution in [0.1, 0.15) is 88.3 Å². The van der Waals surface area contributed by atoms with E-state index in [1.165, 1.54) is 0 Å². The molecule has 53 heavy (non-hydrogen) atoms. The number of rotatable bonds is 5. The first-order chi connectivity index (χ1) is 25.2. The Bertz CT molecular complexity index is 2260. The van der Waals surface area contributed by atoms with Crippen LogP contribution >= 0.6 is 11.6 Å². The lowest BCUT2D eigenvalue weighted by molar-refractivity contribution is -0.199. The van der Waals surface area contributed by atoms with Gasteiger partial charge in [0.2, 0.25) is 11.8 Å². The van der Waals surface area contributed by atoms with Gasteiger partial charge in [0.15, 0.2) is 0 Å². The van der Waals surface area contributed by atoms with Crippen LogP contribution in [0.5, 0.6) is 5.75 Å². The molecule has 1 unspecified atom stereocenters. The molecule has 3 fully saturated rings. The SMILES string of the molecule is CC1(C)C(Oc2ccc(C#N)c(Cl)c2)C(C)(C)C1N1Cc2cc(C#CC3CN(c4ccc5c(c4)C(=O)N(C4CCC(=O)NC4=O)C5=O)C3)ccc2C1=O. The third-order valence-corrected chi connectivity index (χ3v) is 11.7. The van der Waals surface area contributed by atoms with E-state index < -0.39 is 29.7 Å². The summed E-state index contributed by atoms with van der Waals surface area (Å²) in [5.74, 6) is 5.22. The summed E-state index contributed by atoms with van der Waals surface area (Å²) in [7, 11) is 0. The smallest absolute Gasteiger partial charge is 0.262 e. The third kappa shape index (κ3) is 5.45. The van der Waals surface area contributed by atoms with E-state index in [1.54, 1.807) is 36.4 Å². The van der Waals surface area contributed by atoms with E-state index in [2.05, 4.69) is 55.8 Å². The summed E-state index contributed by atoms with van der Waals surface area (Å²) in [6.45, 7) is 10.2. The molecule has 5 aliphatic rings. The molecule has 1 aliphatic carbocycles. The Morgan fingerprint density at radius 3 is 2.28 bits per heavy atom. The molecule has 0 bridgehead atoms. The predicted molar refractivity (Wildman–Crippen MR) is 194 cm³/mol. The number of ether oxygens (including phenoxy) is 1. The van der Waals surface area contributed by atoms with Gasteiger partial charge >= 0.3 is 0 Å². The number of carbonyl (C=O) groups is 5. The largest absolute Gasteiger partial charge is 0.489 e. The fourth-order valence-corrected chi connectivity index (χ4v) is 9.48. The van der Waals surface area contributed by atoms with E-state index in [9.17, 15) is 29.2 Å². The van der Waals surface area contributed by atoms with Crippen LogP contribution in [-0.2, 0) is 16.1 Å². The van der Waals surface area contributed by atoms with Gasteiger partial charge in [-0.2, -0.15) is 5.26 Å². The van der Waals surface area contributed by atoms with Gasteiger partial charge in [0.25, 0.3) is 17.7 Å². The highest BCUT2D eigenvalue weighted by molar-refractivity contribution is 6.31. The second-order valence-electron chi connectivity index (χ2n) is 15.6. The van der Waals surface area contributed by atoms with E-state index in [1.807, 2.05) is 23.1 Å². The first-order valence-corrected chi connectivity index (χ1v) is 18.0. The van der Waals surface area contributed by atoms with Gasteiger partial charge in [-0.1, -0.05) is 51.1 Å². The molecule has 2 saturated heterocycles. The molecule has 1 atom stereocenters. The highest BCUT2D eigenvalue weighted by Gasteiger charge is 2.67. The average Bonchev–Trinajstić information content (AvgIpc) is 3.53. The lowest BCUT2D eigenvalue weighted by Gasteiger charge is -2.65. The fourth-order valence-electron chi connectivity index (χ4n) is 9.26. The van der Waals surface area contributed by atoms with Gasteiger partial charge < -0.3 is 14.5 Å². The van der Waals surface area contributed by atoms with Crippen molar-refractivity contribution in [3.63, 3.8) is 0 Å². The third-order valence-electron chi connectivity index (χ3n) is 11.4. The number of anilines is 1. The van der Waals surface area contributed by atoms with Crippen molar-refractivity contribution < 1.29 is 28.7 Å². The van der Waals surface area contributed by atoms with Gasteiger partial charge in [0.1, 0.15) is 24.0 Å². The highest BCUT2D eigenvalue weighted by Crippen LogP contribution is 2.59. The summed E-state index contributed by atoms with van der Waals surface area (Å²) in [5.41, 5.74) is 3.40. The fraction of sp³-hybridized carbons (Fsp3) is 0.366. The number of hydrogen-bond acceptors (Lipinski definition) is 8. The van der Waals surface area contributed by atoms with Gasteiger partial charge in [-0.3, -0.25) is 34.2 Å². The van der Waals surface area contributed by atoms with Gasteiger partial charge in [0.05, 0.1) is 27.6 Å². The van der Waals surface area contributed by atoms with Crippen LogP contribution in [0.3, 0.4) is 0 Å². The number of benzene rings is 3. The minimum atomic E-state index is -1.00. The van der Waals surface area contributed by atoms with E-state index in [0.29, 0.717) is 41.5 Å². The quantitative estimate of drug-likeness (QED) is 0.288. The first-order valence-electron chi connectivity index (χ1n) is 17.6. The maximum absolute atomic E-state index is 13.7. The van der Waals surface area contributed by atoms with Crippen LogP contribution in [0.25, 0.3) is 0 Å². The molecule has 0 radical (unpaired) electrons. The molecule has 11 nitrogen and oxygen atoms in total. The van der Waals surface area contributed by atoms with Crippen LogP contribution in [0.15, 0.2) is 54.6 Å². The van der Waals surface area contributed by atoms with E-state index in [0.717, 1.165) is 21.7 Å². The molecule has 1 N–H and O–H groups in total. The topological polar surface area (TPSA) is 140 Å². The number of nitriles is 1. The van der Waals surface area contributed by atoms with Crippen molar-refractivity contribution in [2.45, 2.75) is 65.3 Å². The number of carbonyl (C=O) groups excluding carboxylic acids is 5. The monoisotopic (exact) mass is 729 g/mol. The Labute approximate surface area is 311 Å². The summed E-state index contributed by atoms with van der Waals surface area (Å²) in [5, 5.41) is 11.8. The van der Waals surface area contributed by atoms with Gasteiger partial charge in [-0.25, -0.2) is 0 Å². The second-order valence-corrected chi connectivity index (χ2v) is 16.1. The lowest BCUT2D eigenvalue weighted by Crippen LogP contribution is -2.74. The summed E-state index contributed by atoms with van der Waals surface area (Å²) in [6, 6.07) is 16.9. The zero-order chi connectivity index (χ0) is 37.6. The molecular weight excluding hydrogens is 694 g/mol. The van der Waals surface area contributed by atoms with Crippen molar-refractivity contribution in [1.82, 2.24) is 15.1 Å². The van der Waals surface area contributed by atoms with Gasteiger partial charge in [-0.05, 0) is 60.5 Å². The van der Waals surface area contributed by atoms with Crippen molar-refractivity contribution >= 4 is 46.8 Å². The average molecular weight is 730 g/mol. The second kappa shape index (κ2) is 12.2. The molecule has 1 saturated carbocycles. The Kier molecular flexibility index (Phi) is 7.93. The normalized spacial score (nSPS) is 24.0. The number of nitrogens with zero attached hydrogens (tertiary/aromatic N) is 4. The highest BCUT2D eigenvalue weighted by atomic mass is 35.5. The number of piperidine rings is 1. The Morgan fingerprint density at radius 1 is 0.868 bits per heavy atom.